The van der Waals surface area contributed by atoms with Gasteiger partial charge in [-0.1, -0.05) is 0 Å². The summed E-state index contributed by atoms with van der Waals surface area (Å²) in [6, 6.07) is 5.57. The minimum absolute atomic E-state index is 0.0730. The Bertz CT molecular complexity index is 516. The van der Waals surface area contributed by atoms with Crippen molar-refractivity contribution in [2.45, 2.75) is 6.42 Å². The van der Waals surface area contributed by atoms with Gasteiger partial charge in [-0.25, -0.2) is 4.39 Å². The molecule has 1 aliphatic carbocycles. The minimum atomic E-state index is -0.349. The van der Waals surface area contributed by atoms with Crippen molar-refractivity contribution in [1.29, 1.82) is 0 Å². The van der Waals surface area contributed by atoms with Gasteiger partial charge in [0.1, 0.15) is 5.82 Å². The van der Waals surface area contributed by atoms with Gasteiger partial charge in [0.05, 0.1) is 11.8 Å². The largest absolute Gasteiger partial charge is 0.355 e. The Hall–Kier alpha value is -1.95. The van der Waals surface area contributed by atoms with Crippen molar-refractivity contribution in [3.8, 4) is 0 Å². The van der Waals surface area contributed by atoms with Crippen LogP contribution < -0.4 is 10.6 Å². The summed E-state index contributed by atoms with van der Waals surface area (Å²) in [6.07, 6.45) is 0.570. The van der Waals surface area contributed by atoms with Crippen LogP contribution in [0.5, 0.6) is 0 Å². The highest BCUT2D eigenvalue weighted by Crippen LogP contribution is 2.39. The number of amides is 2. The van der Waals surface area contributed by atoms with Crippen LogP contribution in [0.25, 0.3) is 0 Å². The van der Waals surface area contributed by atoms with Crippen molar-refractivity contribution < 1.29 is 14.0 Å². The topological polar surface area (TPSA) is 61.4 Å². The highest BCUT2D eigenvalue weighted by Gasteiger charge is 2.47. The van der Waals surface area contributed by atoms with Crippen LogP contribution in [0.15, 0.2) is 24.3 Å². The van der Waals surface area contributed by atoms with Gasteiger partial charge >= 0.3 is 0 Å². The molecule has 0 saturated heterocycles. The molecule has 0 spiro atoms. The van der Waals surface area contributed by atoms with E-state index in [-0.39, 0.29) is 29.5 Å². The van der Waals surface area contributed by atoms with Crippen molar-refractivity contribution in [2.75, 3.05) is 32.5 Å². The molecule has 1 saturated carbocycles. The van der Waals surface area contributed by atoms with Crippen molar-refractivity contribution in [3.05, 3.63) is 30.1 Å². The number of likely N-dealkylation sites (N-methyl/N-ethyl adjacent to an activating group) is 1. The lowest BCUT2D eigenvalue weighted by Gasteiger charge is -2.10. The molecule has 2 N–H and O–H groups in total. The summed E-state index contributed by atoms with van der Waals surface area (Å²) < 4.78 is 12.8. The first kappa shape index (κ1) is 15.4. The third-order valence-electron chi connectivity index (χ3n) is 3.43. The molecule has 0 radical (unpaired) electrons. The van der Waals surface area contributed by atoms with Crippen LogP contribution in [0.1, 0.15) is 6.42 Å². The maximum absolute atomic E-state index is 12.8. The molecule has 1 fully saturated rings. The second-order valence-corrected chi connectivity index (χ2v) is 5.54. The molecular weight excluding hydrogens is 273 g/mol. The molecule has 1 aliphatic rings. The zero-order valence-corrected chi connectivity index (χ0v) is 12.2. The standard InChI is InChI=1S/C15H20FN3O2/c1-19(2)8-7-17-14(20)12-9-13(12)15(21)18-11-5-3-10(16)4-6-11/h3-6,12-13H,7-9H2,1-2H3,(H,17,20)(H,18,21). The van der Waals surface area contributed by atoms with Gasteiger partial charge in [0.25, 0.3) is 0 Å². The second-order valence-electron chi connectivity index (χ2n) is 5.54. The van der Waals surface area contributed by atoms with Gasteiger partial charge in [-0.15, -0.1) is 0 Å². The smallest absolute Gasteiger partial charge is 0.228 e. The molecule has 114 valence electrons. The van der Waals surface area contributed by atoms with Crippen LogP contribution in [0.2, 0.25) is 0 Å². The van der Waals surface area contributed by atoms with E-state index in [4.69, 9.17) is 0 Å². The van der Waals surface area contributed by atoms with Crippen molar-refractivity contribution in [3.63, 3.8) is 0 Å². The number of carbonyl (C=O) groups is 2. The van der Waals surface area contributed by atoms with Gasteiger partial charge in [0.2, 0.25) is 11.8 Å². The van der Waals surface area contributed by atoms with E-state index in [0.29, 0.717) is 18.7 Å². The summed E-state index contributed by atoms with van der Waals surface area (Å²) in [7, 11) is 3.87. The number of hydrogen-bond donors (Lipinski definition) is 2. The van der Waals surface area contributed by atoms with Gasteiger partial charge in [-0.05, 0) is 44.8 Å². The average Bonchev–Trinajstić information content (AvgIpc) is 3.21. The maximum atomic E-state index is 12.8. The highest BCUT2D eigenvalue weighted by molar-refractivity contribution is 5.99. The lowest BCUT2D eigenvalue weighted by molar-refractivity contribution is -0.125. The lowest BCUT2D eigenvalue weighted by Crippen LogP contribution is -2.33. The Labute approximate surface area is 123 Å². The number of rotatable bonds is 6. The lowest BCUT2D eigenvalue weighted by atomic mass is 10.2. The molecule has 1 aromatic carbocycles. The first-order valence-corrected chi connectivity index (χ1v) is 6.96. The Kier molecular flexibility index (Phi) is 4.90. The molecule has 2 unspecified atom stereocenters. The molecule has 5 nitrogen and oxygen atoms in total. The summed E-state index contributed by atoms with van der Waals surface area (Å²) >= 11 is 0. The second kappa shape index (κ2) is 6.67. The molecule has 0 aliphatic heterocycles. The van der Waals surface area contributed by atoms with E-state index >= 15 is 0 Å². The predicted octanol–water partition coefficient (Wildman–Crippen LogP) is 1.08. The van der Waals surface area contributed by atoms with Crippen molar-refractivity contribution in [2.24, 2.45) is 11.8 Å². The van der Waals surface area contributed by atoms with Crippen LogP contribution in [0, 0.1) is 17.7 Å². The Morgan fingerprint density at radius 2 is 1.81 bits per heavy atom. The van der Waals surface area contributed by atoms with Gasteiger partial charge in [0.15, 0.2) is 0 Å². The minimum Gasteiger partial charge on any atom is -0.355 e. The summed E-state index contributed by atoms with van der Waals surface area (Å²) in [5.74, 6) is -1.13. The van der Waals surface area contributed by atoms with E-state index in [2.05, 4.69) is 10.6 Å². The fourth-order valence-corrected chi connectivity index (χ4v) is 2.08. The normalized spacial score (nSPS) is 20.2. The zero-order valence-electron chi connectivity index (χ0n) is 12.2. The molecule has 1 aromatic rings. The van der Waals surface area contributed by atoms with E-state index in [0.717, 1.165) is 6.54 Å². The number of halogens is 1. The number of nitrogens with zero attached hydrogens (tertiary/aromatic N) is 1. The summed E-state index contributed by atoms with van der Waals surface area (Å²) in [6.45, 7) is 1.35. The van der Waals surface area contributed by atoms with Gasteiger partial charge in [-0.2, -0.15) is 0 Å². The fourth-order valence-electron chi connectivity index (χ4n) is 2.08. The summed E-state index contributed by atoms with van der Waals surface area (Å²) in [5.41, 5.74) is 0.542. The highest BCUT2D eigenvalue weighted by atomic mass is 19.1. The number of carbonyl (C=O) groups excluding carboxylic acids is 2. The molecule has 0 bridgehead atoms. The monoisotopic (exact) mass is 293 g/mol. The van der Waals surface area contributed by atoms with Crippen molar-refractivity contribution >= 4 is 17.5 Å². The predicted molar refractivity (Wildman–Crippen MR) is 78.2 cm³/mol. The van der Waals surface area contributed by atoms with Gasteiger partial charge in [-0.3, -0.25) is 9.59 Å². The first-order chi connectivity index (χ1) is 9.97. The number of nitrogens with one attached hydrogen (secondary N) is 2. The molecule has 2 amide bonds. The van der Waals surface area contributed by atoms with E-state index in [1.807, 2.05) is 19.0 Å². The Balaban J connectivity index is 1.75. The molecule has 2 atom stereocenters. The molecule has 0 heterocycles. The zero-order chi connectivity index (χ0) is 15.4. The average molecular weight is 293 g/mol. The van der Waals surface area contributed by atoms with Crippen LogP contribution in [-0.2, 0) is 9.59 Å². The van der Waals surface area contributed by atoms with E-state index in [1.54, 1.807) is 0 Å². The van der Waals surface area contributed by atoms with E-state index in [1.165, 1.54) is 24.3 Å². The Morgan fingerprint density at radius 1 is 1.19 bits per heavy atom. The van der Waals surface area contributed by atoms with Crippen molar-refractivity contribution in [1.82, 2.24) is 10.2 Å². The van der Waals surface area contributed by atoms with E-state index in [9.17, 15) is 14.0 Å². The summed E-state index contributed by atoms with van der Waals surface area (Å²) in [5, 5.41) is 5.52. The third-order valence-corrected chi connectivity index (χ3v) is 3.43. The van der Waals surface area contributed by atoms with E-state index < -0.39 is 0 Å². The van der Waals surface area contributed by atoms with Gasteiger partial charge < -0.3 is 15.5 Å². The number of anilines is 1. The van der Waals surface area contributed by atoms with Crippen LogP contribution in [-0.4, -0.2) is 43.9 Å². The van der Waals surface area contributed by atoms with Gasteiger partial charge in [0, 0.05) is 18.8 Å². The molecular formula is C15H20FN3O2. The SMILES string of the molecule is CN(C)CCNC(=O)C1CC1C(=O)Nc1ccc(F)cc1. The number of hydrogen-bond acceptors (Lipinski definition) is 3. The van der Waals surface area contributed by atoms with Crippen LogP contribution >= 0.6 is 0 Å². The molecule has 0 aromatic heterocycles. The van der Waals surface area contributed by atoms with Crippen LogP contribution in [0.4, 0.5) is 10.1 Å². The molecule has 6 heteroatoms. The van der Waals surface area contributed by atoms with Crippen LogP contribution in [0.3, 0.4) is 0 Å². The molecule has 21 heavy (non-hydrogen) atoms. The molecule has 2 rings (SSSR count). The summed E-state index contributed by atoms with van der Waals surface area (Å²) in [4.78, 5) is 25.8. The third kappa shape index (κ3) is 4.53. The number of benzene rings is 1. The first-order valence-electron chi connectivity index (χ1n) is 6.96. The quantitative estimate of drug-likeness (QED) is 0.825. The Morgan fingerprint density at radius 3 is 2.43 bits per heavy atom. The maximum Gasteiger partial charge on any atom is 0.228 e. The fraction of sp³-hybridized carbons (Fsp3) is 0.467.